The fourth-order valence-electron chi connectivity index (χ4n) is 4.29. The number of ether oxygens (including phenoxy) is 1. The van der Waals surface area contributed by atoms with Crippen molar-refractivity contribution in [1.82, 2.24) is 25.1 Å². The number of para-hydroxylation sites is 1. The van der Waals surface area contributed by atoms with Gasteiger partial charge in [0.15, 0.2) is 5.82 Å². The second kappa shape index (κ2) is 8.96. The van der Waals surface area contributed by atoms with E-state index in [0.29, 0.717) is 5.69 Å². The Kier molecular flexibility index (Phi) is 6.17. The molecule has 2 fully saturated rings. The van der Waals surface area contributed by atoms with Crippen LogP contribution in [0.25, 0.3) is 0 Å². The van der Waals surface area contributed by atoms with E-state index < -0.39 is 0 Å². The van der Waals surface area contributed by atoms with Gasteiger partial charge in [-0.3, -0.25) is 4.90 Å². The number of aromatic nitrogens is 4. The molecule has 2 aliphatic rings. The fraction of sp³-hybridized carbons (Fsp3) is 0.650. The molecule has 0 radical (unpaired) electrons. The zero-order valence-corrected chi connectivity index (χ0v) is 16.5. The van der Waals surface area contributed by atoms with E-state index in [2.05, 4.69) is 32.2 Å². The number of halogens is 1. The fourth-order valence-corrected chi connectivity index (χ4v) is 4.29. The van der Waals surface area contributed by atoms with Crippen molar-refractivity contribution in [1.29, 1.82) is 0 Å². The number of hydrogen-bond acceptors (Lipinski definition) is 6. The maximum atomic E-state index is 14.1. The number of anilines is 1. The predicted molar refractivity (Wildman–Crippen MR) is 105 cm³/mol. The maximum absolute atomic E-state index is 14.1. The third kappa shape index (κ3) is 4.17. The van der Waals surface area contributed by atoms with Crippen LogP contribution in [0.15, 0.2) is 24.3 Å². The molecule has 0 aliphatic carbocycles. The Bertz CT molecular complexity index is 755. The smallest absolute Gasteiger partial charge is 0.168 e. The summed E-state index contributed by atoms with van der Waals surface area (Å²) in [7, 11) is 0. The van der Waals surface area contributed by atoms with Gasteiger partial charge < -0.3 is 9.64 Å². The van der Waals surface area contributed by atoms with E-state index in [0.717, 1.165) is 70.8 Å². The standard InChI is InChI=1S/C20H29FN6O/c1-2-6-19(20-22-23-24-27(20)15-16-7-5-14-28-16)26-12-10-25(11-13-26)18-9-4-3-8-17(18)21/h3-4,8-9,16,19H,2,5-7,10-15H2,1H3/t16-,19+/m0/s1. The molecule has 0 amide bonds. The molecular weight excluding hydrogens is 359 g/mol. The van der Waals surface area contributed by atoms with Crippen molar-refractivity contribution in [2.24, 2.45) is 0 Å². The zero-order chi connectivity index (χ0) is 19.3. The van der Waals surface area contributed by atoms with Crippen LogP contribution in [0.2, 0.25) is 0 Å². The average molecular weight is 388 g/mol. The number of piperazine rings is 1. The van der Waals surface area contributed by atoms with Crippen LogP contribution in [-0.4, -0.2) is 64.0 Å². The summed E-state index contributed by atoms with van der Waals surface area (Å²) in [6, 6.07) is 7.20. The Labute approximate surface area is 165 Å². The van der Waals surface area contributed by atoms with Crippen LogP contribution in [0.4, 0.5) is 10.1 Å². The van der Waals surface area contributed by atoms with Crippen molar-refractivity contribution in [2.45, 2.75) is 51.3 Å². The molecule has 0 N–H and O–H groups in total. The van der Waals surface area contributed by atoms with Gasteiger partial charge in [0.1, 0.15) is 5.82 Å². The van der Waals surface area contributed by atoms with Crippen molar-refractivity contribution in [3.63, 3.8) is 0 Å². The lowest BCUT2D eigenvalue weighted by Gasteiger charge is -2.39. The first kappa shape index (κ1) is 19.3. The molecule has 0 spiro atoms. The lowest BCUT2D eigenvalue weighted by atomic mass is 10.1. The van der Waals surface area contributed by atoms with Crippen LogP contribution in [0.5, 0.6) is 0 Å². The Morgan fingerprint density at radius 1 is 1.21 bits per heavy atom. The molecule has 2 saturated heterocycles. The second-order valence-corrected chi connectivity index (χ2v) is 7.63. The highest BCUT2D eigenvalue weighted by atomic mass is 19.1. The molecule has 1 aromatic carbocycles. The number of nitrogens with zero attached hydrogens (tertiary/aromatic N) is 6. The van der Waals surface area contributed by atoms with E-state index >= 15 is 0 Å². The van der Waals surface area contributed by atoms with Crippen molar-refractivity contribution in [2.75, 3.05) is 37.7 Å². The van der Waals surface area contributed by atoms with Gasteiger partial charge in [0, 0.05) is 32.8 Å². The lowest BCUT2D eigenvalue weighted by molar-refractivity contribution is 0.0891. The molecule has 7 nitrogen and oxygen atoms in total. The van der Waals surface area contributed by atoms with Crippen molar-refractivity contribution in [3.8, 4) is 0 Å². The van der Waals surface area contributed by atoms with Gasteiger partial charge in [0.25, 0.3) is 0 Å². The van der Waals surface area contributed by atoms with Crippen LogP contribution < -0.4 is 4.90 Å². The molecule has 0 saturated carbocycles. The molecule has 28 heavy (non-hydrogen) atoms. The average Bonchev–Trinajstić information content (AvgIpc) is 3.39. The molecule has 152 valence electrons. The Morgan fingerprint density at radius 3 is 2.75 bits per heavy atom. The molecule has 0 bridgehead atoms. The van der Waals surface area contributed by atoms with Crippen LogP contribution in [-0.2, 0) is 11.3 Å². The van der Waals surface area contributed by atoms with Gasteiger partial charge in [-0.2, -0.15) is 0 Å². The Balaban J connectivity index is 1.44. The Hall–Kier alpha value is -2.06. The predicted octanol–water partition coefficient (Wildman–Crippen LogP) is 2.65. The number of rotatable bonds is 7. The summed E-state index contributed by atoms with van der Waals surface area (Å²) in [5.41, 5.74) is 0.692. The summed E-state index contributed by atoms with van der Waals surface area (Å²) in [6.07, 6.45) is 4.45. The first-order valence-corrected chi connectivity index (χ1v) is 10.4. The summed E-state index contributed by atoms with van der Waals surface area (Å²) >= 11 is 0. The van der Waals surface area contributed by atoms with E-state index in [9.17, 15) is 4.39 Å². The lowest BCUT2D eigenvalue weighted by Crippen LogP contribution is -2.48. The van der Waals surface area contributed by atoms with E-state index in [-0.39, 0.29) is 18.0 Å². The quantitative estimate of drug-likeness (QED) is 0.727. The van der Waals surface area contributed by atoms with Crippen molar-refractivity contribution < 1.29 is 9.13 Å². The van der Waals surface area contributed by atoms with E-state index in [1.807, 2.05) is 16.8 Å². The van der Waals surface area contributed by atoms with Gasteiger partial charge in [0.05, 0.1) is 24.4 Å². The molecule has 8 heteroatoms. The van der Waals surface area contributed by atoms with Gasteiger partial charge in [0.2, 0.25) is 0 Å². The minimum Gasteiger partial charge on any atom is -0.376 e. The van der Waals surface area contributed by atoms with Gasteiger partial charge in [-0.05, 0) is 41.8 Å². The van der Waals surface area contributed by atoms with Crippen LogP contribution in [0.3, 0.4) is 0 Å². The number of hydrogen-bond donors (Lipinski definition) is 0. The van der Waals surface area contributed by atoms with Crippen molar-refractivity contribution >= 4 is 5.69 Å². The molecule has 4 rings (SSSR count). The first-order chi connectivity index (χ1) is 13.8. The monoisotopic (exact) mass is 388 g/mol. The molecule has 3 heterocycles. The number of benzene rings is 1. The Morgan fingerprint density at radius 2 is 2.04 bits per heavy atom. The highest BCUT2D eigenvalue weighted by Crippen LogP contribution is 2.28. The van der Waals surface area contributed by atoms with Gasteiger partial charge >= 0.3 is 0 Å². The summed E-state index contributed by atoms with van der Waals surface area (Å²) in [5, 5.41) is 12.6. The molecule has 2 aromatic rings. The first-order valence-electron chi connectivity index (χ1n) is 10.4. The van der Waals surface area contributed by atoms with Crippen LogP contribution >= 0.6 is 0 Å². The summed E-state index contributed by atoms with van der Waals surface area (Å²) in [6.45, 7) is 7.08. The largest absolute Gasteiger partial charge is 0.376 e. The minimum atomic E-state index is -0.151. The third-order valence-corrected chi connectivity index (χ3v) is 5.77. The molecule has 2 aliphatic heterocycles. The summed E-state index contributed by atoms with van der Waals surface area (Å²) in [5.74, 6) is 0.776. The van der Waals surface area contributed by atoms with E-state index in [4.69, 9.17) is 4.74 Å². The van der Waals surface area contributed by atoms with Gasteiger partial charge in [-0.15, -0.1) is 5.10 Å². The SMILES string of the molecule is CCC[C@H](c1nnnn1C[C@@H]1CCCO1)N1CCN(c2ccccc2F)CC1. The third-order valence-electron chi connectivity index (χ3n) is 5.77. The van der Waals surface area contributed by atoms with E-state index in [1.54, 1.807) is 6.07 Å². The molecule has 0 unspecified atom stereocenters. The highest BCUT2D eigenvalue weighted by molar-refractivity contribution is 5.48. The topological polar surface area (TPSA) is 59.3 Å². The second-order valence-electron chi connectivity index (χ2n) is 7.63. The summed E-state index contributed by atoms with van der Waals surface area (Å²) in [4.78, 5) is 4.57. The van der Waals surface area contributed by atoms with Gasteiger partial charge in [-0.25, -0.2) is 9.07 Å². The molecule has 1 aromatic heterocycles. The van der Waals surface area contributed by atoms with Crippen LogP contribution in [0.1, 0.15) is 44.5 Å². The maximum Gasteiger partial charge on any atom is 0.168 e. The van der Waals surface area contributed by atoms with E-state index in [1.165, 1.54) is 6.07 Å². The molecular formula is C20H29FN6O. The molecule has 2 atom stereocenters. The number of tetrazole rings is 1. The highest BCUT2D eigenvalue weighted by Gasteiger charge is 2.30. The summed E-state index contributed by atoms with van der Waals surface area (Å²) < 4.78 is 21.8. The minimum absolute atomic E-state index is 0.151. The normalized spacial score (nSPS) is 21.9. The van der Waals surface area contributed by atoms with Crippen molar-refractivity contribution in [3.05, 3.63) is 35.9 Å². The van der Waals surface area contributed by atoms with Gasteiger partial charge in [-0.1, -0.05) is 25.5 Å². The zero-order valence-electron chi connectivity index (χ0n) is 16.5. The van der Waals surface area contributed by atoms with Crippen LogP contribution in [0, 0.1) is 5.82 Å².